The van der Waals surface area contributed by atoms with Gasteiger partial charge < -0.3 is 14.4 Å². The van der Waals surface area contributed by atoms with Crippen LogP contribution in [0.5, 0.6) is 0 Å². The van der Waals surface area contributed by atoms with Crippen LogP contribution in [-0.4, -0.2) is 36.7 Å². The summed E-state index contributed by atoms with van der Waals surface area (Å²) in [4.78, 5) is 28.5. The highest BCUT2D eigenvalue weighted by Crippen LogP contribution is 2.22. The van der Waals surface area contributed by atoms with E-state index in [1.54, 1.807) is 6.92 Å². The van der Waals surface area contributed by atoms with Gasteiger partial charge >= 0.3 is 12.1 Å². The van der Waals surface area contributed by atoms with Gasteiger partial charge in [0, 0.05) is 13.1 Å². The van der Waals surface area contributed by atoms with Crippen molar-refractivity contribution >= 4 is 12.1 Å². The molecule has 0 aliphatic carbocycles. The van der Waals surface area contributed by atoms with E-state index >= 15 is 0 Å². The number of hydrogen-bond donors (Lipinski definition) is 0. The Hall–Kier alpha value is -2.81. The van der Waals surface area contributed by atoms with E-state index in [9.17, 15) is 9.59 Å². The molecule has 1 aromatic carbocycles. The average Bonchev–Trinajstić information content (AvgIpc) is 3.04. The van der Waals surface area contributed by atoms with E-state index in [0.29, 0.717) is 18.5 Å². The average molecular weight is 314 g/mol. The van der Waals surface area contributed by atoms with E-state index < -0.39 is 12.1 Å². The summed E-state index contributed by atoms with van der Waals surface area (Å²) in [7, 11) is 0. The molecule has 0 atom stereocenters. The van der Waals surface area contributed by atoms with Gasteiger partial charge in [0.05, 0.1) is 13.2 Å². The third kappa shape index (κ3) is 4.33. The summed E-state index contributed by atoms with van der Waals surface area (Å²) in [5.41, 5.74) is 1.50. The first-order valence-corrected chi connectivity index (χ1v) is 7.38. The van der Waals surface area contributed by atoms with E-state index in [4.69, 9.17) is 16.0 Å². The summed E-state index contributed by atoms with van der Waals surface area (Å²) in [5.74, 6) is -0.628. The molecule has 6 nitrogen and oxygen atoms in total. The fraction of sp³-hybridized carbons (Fsp3) is 0.353. The number of esters is 1. The molecule has 0 radical (unpaired) electrons. The molecule has 1 aromatic rings. The molecule has 0 bridgehead atoms. The molecule has 23 heavy (non-hydrogen) atoms. The maximum Gasteiger partial charge on any atom is 0.410 e. The maximum atomic E-state index is 12.1. The first-order chi connectivity index (χ1) is 11.2. The molecule has 0 aromatic heterocycles. The topological polar surface area (TPSA) is 60.2 Å². The van der Waals surface area contributed by atoms with Crippen molar-refractivity contribution in [2.45, 2.75) is 20.0 Å². The fourth-order valence-electron chi connectivity index (χ4n) is 2.29. The minimum absolute atomic E-state index is 0.0230. The van der Waals surface area contributed by atoms with Gasteiger partial charge in [-0.25, -0.2) is 9.64 Å². The number of ether oxygens (including phenoxy) is 2. The van der Waals surface area contributed by atoms with Gasteiger partial charge in [-0.3, -0.25) is 4.79 Å². The van der Waals surface area contributed by atoms with Crippen LogP contribution in [0.25, 0.3) is 4.85 Å². The Balaban J connectivity index is 1.95. The molecule has 1 heterocycles. The van der Waals surface area contributed by atoms with Crippen LogP contribution in [0.1, 0.15) is 18.9 Å². The van der Waals surface area contributed by atoms with Crippen LogP contribution >= 0.6 is 0 Å². The van der Waals surface area contributed by atoms with Crippen molar-refractivity contribution in [2.75, 3.05) is 19.7 Å². The number of nitrogens with zero attached hydrogens (tertiary/aromatic N) is 2. The van der Waals surface area contributed by atoms with Crippen LogP contribution in [0.2, 0.25) is 0 Å². The van der Waals surface area contributed by atoms with Crippen LogP contribution < -0.4 is 0 Å². The van der Waals surface area contributed by atoms with Gasteiger partial charge in [0.25, 0.3) is 5.70 Å². The Kier molecular flexibility index (Phi) is 5.75. The molecule has 6 heteroatoms. The second-order valence-electron chi connectivity index (χ2n) is 5.00. The normalized spacial score (nSPS) is 15.7. The zero-order valence-electron chi connectivity index (χ0n) is 12.9. The first kappa shape index (κ1) is 16.6. The second-order valence-corrected chi connectivity index (χ2v) is 5.00. The highest BCUT2D eigenvalue weighted by Gasteiger charge is 2.28. The SMILES string of the molecule is [C-]#[N+]C(C(=O)OCC)=C1CCN(C(=O)OCc2ccccc2)C1. The standard InChI is InChI=1S/C17H18N2O4/c1-3-22-16(20)15(18-2)14-9-10-19(11-14)17(21)23-12-13-7-5-4-6-8-13/h4-8H,3,9-12H2,1H3. The van der Waals surface area contributed by atoms with Gasteiger partial charge in [0.15, 0.2) is 0 Å². The first-order valence-electron chi connectivity index (χ1n) is 7.38. The smallest absolute Gasteiger partial charge is 0.410 e. The van der Waals surface area contributed by atoms with Crippen molar-refractivity contribution in [1.82, 2.24) is 4.90 Å². The Morgan fingerprint density at radius 3 is 2.65 bits per heavy atom. The molecule has 1 aliphatic rings. The third-order valence-corrected chi connectivity index (χ3v) is 3.44. The van der Waals surface area contributed by atoms with Crippen LogP contribution in [0.15, 0.2) is 41.6 Å². The largest absolute Gasteiger partial charge is 0.471 e. The van der Waals surface area contributed by atoms with E-state index in [2.05, 4.69) is 4.85 Å². The molecular weight excluding hydrogens is 296 g/mol. The molecule has 1 amide bonds. The molecular formula is C17H18N2O4. The van der Waals surface area contributed by atoms with Gasteiger partial charge in [-0.2, -0.15) is 0 Å². The number of likely N-dealkylation sites (tertiary alicyclic amines) is 1. The van der Waals surface area contributed by atoms with Crippen molar-refractivity contribution < 1.29 is 19.1 Å². The Morgan fingerprint density at radius 2 is 2.00 bits per heavy atom. The van der Waals surface area contributed by atoms with Crippen molar-refractivity contribution in [3.63, 3.8) is 0 Å². The molecule has 0 spiro atoms. The number of rotatable bonds is 4. The lowest BCUT2D eigenvalue weighted by molar-refractivity contribution is -0.138. The third-order valence-electron chi connectivity index (χ3n) is 3.44. The van der Waals surface area contributed by atoms with Crippen molar-refractivity contribution in [3.8, 4) is 0 Å². The Labute approximate surface area is 135 Å². The van der Waals surface area contributed by atoms with E-state index in [0.717, 1.165) is 5.56 Å². The zero-order valence-corrected chi connectivity index (χ0v) is 12.9. The predicted molar refractivity (Wildman–Crippen MR) is 83.1 cm³/mol. The summed E-state index contributed by atoms with van der Waals surface area (Å²) < 4.78 is 10.1. The second kappa shape index (κ2) is 7.99. The number of carbonyl (C=O) groups excluding carboxylic acids is 2. The molecule has 1 aliphatic heterocycles. The van der Waals surface area contributed by atoms with Gasteiger partial charge in [-0.05, 0) is 24.5 Å². The summed E-state index contributed by atoms with van der Waals surface area (Å²) in [6.45, 7) is 9.89. The van der Waals surface area contributed by atoms with E-state index in [1.165, 1.54) is 4.90 Å². The number of benzene rings is 1. The quantitative estimate of drug-likeness (QED) is 0.487. The lowest BCUT2D eigenvalue weighted by Crippen LogP contribution is -2.28. The van der Waals surface area contributed by atoms with Gasteiger partial charge in [0.2, 0.25) is 0 Å². The van der Waals surface area contributed by atoms with Gasteiger partial charge in [-0.1, -0.05) is 30.3 Å². The molecule has 1 fully saturated rings. The summed E-state index contributed by atoms with van der Waals surface area (Å²) in [6, 6.07) is 9.40. The summed E-state index contributed by atoms with van der Waals surface area (Å²) in [5, 5.41) is 0. The minimum atomic E-state index is -0.628. The molecule has 120 valence electrons. The summed E-state index contributed by atoms with van der Waals surface area (Å²) in [6.07, 6.45) is 0.0359. The Bertz CT molecular complexity index is 646. The predicted octanol–water partition coefficient (Wildman–Crippen LogP) is 2.77. The van der Waals surface area contributed by atoms with Crippen molar-refractivity contribution in [2.24, 2.45) is 0 Å². The maximum absolute atomic E-state index is 12.1. The lowest BCUT2D eigenvalue weighted by atomic mass is 10.2. The van der Waals surface area contributed by atoms with Crippen LogP contribution in [-0.2, 0) is 20.9 Å². The zero-order chi connectivity index (χ0) is 16.7. The van der Waals surface area contributed by atoms with Crippen molar-refractivity contribution in [1.29, 1.82) is 0 Å². The number of hydrogen-bond acceptors (Lipinski definition) is 4. The van der Waals surface area contributed by atoms with Gasteiger partial charge in [0.1, 0.15) is 6.61 Å². The molecule has 0 saturated carbocycles. The van der Waals surface area contributed by atoms with Gasteiger partial charge in [-0.15, -0.1) is 0 Å². The highest BCUT2D eigenvalue weighted by molar-refractivity contribution is 5.91. The number of carbonyl (C=O) groups is 2. The molecule has 2 rings (SSSR count). The lowest BCUT2D eigenvalue weighted by Gasteiger charge is -2.15. The molecule has 0 N–H and O–H groups in total. The van der Waals surface area contributed by atoms with Crippen LogP contribution in [0.4, 0.5) is 4.79 Å². The monoisotopic (exact) mass is 314 g/mol. The van der Waals surface area contributed by atoms with E-state index in [-0.39, 0.29) is 25.5 Å². The highest BCUT2D eigenvalue weighted by atomic mass is 16.6. The molecule has 0 unspecified atom stereocenters. The number of amides is 1. The Morgan fingerprint density at radius 1 is 1.26 bits per heavy atom. The van der Waals surface area contributed by atoms with Crippen LogP contribution in [0.3, 0.4) is 0 Å². The summed E-state index contributed by atoms with van der Waals surface area (Å²) >= 11 is 0. The molecule has 1 saturated heterocycles. The van der Waals surface area contributed by atoms with E-state index in [1.807, 2.05) is 30.3 Å². The minimum Gasteiger partial charge on any atom is -0.471 e. The fourth-order valence-corrected chi connectivity index (χ4v) is 2.29. The van der Waals surface area contributed by atoms with Crippen LogP contribution in [0, 0.1) is 6.57 Å². The van der Waals surface area contributed by atoms with Crippen molar-refractivity contribution in [3.05, 3.63) is 58.6 Å².